The average Bonchev–Trinajstić information content (AvgIpc) is 2.40. The number of rotatable bonds is 6. The van der Waals surface area contributed by atoms with Crippen LogP contribution in [0.4, 0.5) is 0 Å². The van der Waals surface area contributed by atoms with Crippen molar-refractivity contribution in [2.45, 2.75) is 25.7 Å². The average molecular weight is 256 g/mol. The quantitative estimate of drug-likeness (QED) is 0.722. The van der Waals surface area contributed by atoms with Crippen LogP contribution in [-0.4, -0.2) is 64.6 Å². The second-order valence-electron chi connectivity index (χ2n) is 5.77. The first-order valence-electron chi connectivity index (χ1n) is 7.34. The van der Waals surface area contributed by atoms with Crippen LogP contribution in [0.5, 0.6) is 0 Å². The second kappa shape index (κ2) is 7.43. The standard InChI is InChI=1S/C14H28N2O2/c1-17-10-11-18-9-8-16-7-3-5-14(13-16)4-2-6-15-12-14/h15H,2-13H2,1H3. The summed E-state index contributed by atoms with van der Waals surface area (Å²) in [5, 5.41) is 3.58. The third kappa shape index (κ3) is 4.19. The molecule has 4 heteroatoms. The van der Waals surface area contributed by atoms with Crippen molar-refractivity contribution in [2.24, 2.45) is 5.41 Å². The fourth-order valence-corrected chi connectivity index (χ4v) is 3.32. The number of ether oxygens (including phenoxy) is 2. The fraction of sp³-hybridized carbons (Fsp3) is 1.00. The molecule has 2 fully saturated rings. The Labute approximate surface area is 111 Å². The van der Waals surface area contributed by atoms with Crippen LogP contribution < -0.4 is 5.32 Å². The van der Waals surface area contributed by atoms with E-state index in [0.717, 1.165) is 19.8 Å². The third-order valence-corrected chi connectivity index (χ3v) is 4.28. The minimum atomic E-state index is 0.559. The maximum Gasteiger partial charge on any atom is 0.0700 e. The first-order chi connectivity index (χ1) is 8.85. The second-order valence-corrected chi connectivity index (χ2v) is 5.77. The molecule has 2 aliphatic heterocycles. The monoisotopic (exact) mass is 256 g/mol. The molecule has 0 saturated carbocycles. The van der Waals surface area contributed by atoms with Gasteiger partial charge in [0.25, 0.3) is 0 Å². The molecule has 0 bridgehead atoms. The molecule has 0 radical (unpaired) electrons. The van der Waals surface area contributed by atoms with Crippen molar-refractivity contribution in [1.82, 2.24) is 10.2 Å². The minimum Gasteiger partial charge on any atom is -0.382 e. The maximum absolute atomic E-state index is 5.57. The van der Waals surface area contributed by atoms with Gasteiger partial charge in [-0.3, -0.25) is 0 Å². The molecule has 2 heterocycles. The number of hydrogen-bond acceptors (Lipinski definition) is 4. The largest absolute Gasteiger partial charge is 0.382 e. The SMILES string of the molecule is COCCOCCN1CCCC2(CCCNC2)C1. The van der Waals surface area contributed by atoms with Crippen LogP contribution >= 0.6 is 0 Å². The van der Waals surface area contributed by atoms with Gasteiger partial charge in [0.15, 0.2) is 0 Å². The Morgan fingerprint density at radius 1 is 1.17 bits per heavy atom. The highest BCUT2D eigenvalue weighted by atomic mass is 16.5. The molecule has 2 aliphatic rings. The van der Waals surface area contributed by atoms with Crippen molar-refractivity contribution in [2.75, 3.05) is 59.7 Å². The van der Waals surface area contributed by atoms with Gasteiger partial charge in [-0.15, -0.1) is 0 Å². The zero-order chi connectivity index (χ0) is 12.7. The van der Waals surface area contributed by atoms with Crippen LogP contribution in [0.1, 0.15) is 25.7 Å². The van der Waals surface area contributed by atoms with Gasteiger partial charge >= 0.3 is 0 Å². The molecule has 1 spiro atoms. The Bertz CT molecular complexity index is 224. The molecule has 2 rings (SSSR count). The normalized spacial score (nSPS) is 29.8. The van der Waals surface area contributed by atoms with Crippen molar-refractivity contribution in [3.63, 3.8) is 0 Å². The van der Waals surface area contributed by atoms with E-state index in [1.807, 2.05) is 0 Å². The highest BCUT2D eigenvalue weighted by molar-refractivity contribution is 4.91. The topological polar surface area (TPSA) is 33.7 Å². The van der Waals surface area contributed by atoms with E-state index in [1.54, 1.807) is 7.11 Å². The molecular weight excluding hydrogens is 228 g/mol. The smallest absolute Gasteiger partial charge is 0.0700 e. The van der Waals surface area contributed by atoms with Crippen LogP contribution in [0.15, 0.2) is 0 Å². The first-order valence-corrected chi connectivity index (χ1v) is 7.34. The lowest BCUT2D eigenvalue weighted by molar-refractivity contribution is 0.0249. The zero-order valence-electron chi connectivity index (χ0n) is 11.7. The molecule has 0 aromatic rings. The highest BCUT2D eigenvalue weighted by Gasteiger charge is 2.36. The van der Waals surface area contributed by atoms with Crippen molar-refractivity contribution in [3.8, 4) is 0 Å². The van der Waals surface area contributed by atoms with E-state index in [9.17, 15) is 0 Å². The van der Waals surface area contributed by atoms with Gasteiger partial charge in [-0.1, -0.05) is 0 Å². The van der Waals surface area contributed by atoms with Crippen LogP contribution in [-0.2, 0) is 9.47 Å². The van der Waals surface area contributed by atoms with E-state index in [1.165, 1.54) is 51.9 Å². The Morgan fingerprint density at radius 3 is 2.83 bits per heavy atom. The Kier molecular flexibility index (Phi) is 5.89. The Hall–Kier alpha value is -0.160. The third-order valence-electron chi connectivity index (χ3n) is 4.28. The number of nitrogens with zero attached hydrogens (tertiary/aromatic N) is 1. The number of hydrogen-bond donors (Lipinski definition) is 1. The van der Waals surface area contributed by atoms with Crippen molar-refractivity contribution in [1.29, 1.82) is 0 Å². The van der Waals surface area contributed by atoms with Crippen molar-refractivity contribution in [3.05, 3.63) is 0 Å². The number of piperidine rings is 2. The summed E-state index contributed by atoms with van der Waals surface area (Å²) in [5.41, 5.74) is 0.559. The Balaban J connectivity index is 1.66. The van der Waals surface area contributed by atoms with E-state index in [2.05, 4.69) is 10.2 Å². The van der Waals surface area contributed by atoms with Gasteiger partial charge in [-0.2, -0.15) is 0 Å². The van der Waals surface area contributed by atoms with E-state index in [0.29, 0.717) is 12.0 Å². The van der Waals surface area contributed by atoms with Crippen LogP contribution in [0.2, 0.25) is 0 Å². The van der Waals surface area contributed by atoms with Gasteiger partial charge in [-0.05, 0) is 44.2 Å². The Morgan fingerprint density at radius 2 is 2.06 bits per heavy atom. The molecule has 1 atom stereocenters. The summed E-state index contributed by atoms with van der Waals surface area (Å²) >= 11 is 0. The molecule has 0 amide bonds. The molecule has 1 unspecified atom stereocenters. The molecule has 0 aliphatic carbocycles. The summed E-state index contributed by atoms with van der Waals surface area (Å²) in [6.07, 6.45) is 5.50. The lowest BCUT2D eigenvalue weighted by atomic mass is 9.74. The fourth-order valence-electron chi connectivity index (χ4n) is 3.32. The van der Waals surface area contributed by atoms with Gasteiger partial charge in [-0.25, -0.2) is 0 Å². The summed E-state index contributed by atoms with van der Waals surface area (Å²) in [7, 11) is 1.72. The summed E-state index contributed by atoms with van der Waals surface area (Å²) in [6.45, 7) is 8.27. The van der Waals surface area contributed by atoms with E-state index in [4.69, 9.17) is 9.47 Å². The van der Waals surface area contributed by atoms with Gasteiger partial charge in [0.05, 0.1) is 19.8 Å². The lowest BCUT2D eigenvalue weighted by Crippen LogP contribution is -2.51. The lowest BCUT2D eigenvalue weighted by Gasteiger charge is -2.45. The van der Waals surface area contributed by atoms with Crippen LogP contribution in [0, 0.1) is 5.41 Å². The minimum absolute atomic E-state index is 0.559. The summed E-state index contributed by atoms with van der Waals surface area (Å²) in [5.74, 6) is 0. The molecule has 1 N–H and O–H groups in total. The molecule has 18 heavy (non-hydrogen) atoms. The number of likely N-dealkylation sites (tertiary alicyclic amines) is 1. The van der Waals surface area contributed by atoms with Crippen molar-refractivity contribution < 1.29 is 9.47 Å². The number of nitrogens with one attached hydrogen (secondary N) is 1. The molecular formula is C14H28N2O2. The molecule has 0 aromatic heterocycles. The maximum atomic E-state index is 5.57. The predicted octanol–water partition coefficient (Wildman–Crippen LogP) is 1.12. The van der Waals surface area contributed by atoms with Crippen LogP contribution in [0.3, 0.4) is 0 Å². The van der Waals surface area contributed by atoms with Crippen LogP contribution in [0.25, 0.3) is 0 Å². The molecule has 4 nitrogen and oxygen atoms in total. The first kappa shape index (κ1) is 14.3. The van der Waals surface area contributed by atoms with Gasteiger partial charge in [0.1, 0.15) is 0 Å². The molecule has 0 aromatic carbocycles. The summed E-state index contributed by atoms with van der Waals surface area (Å²) in [4.78, 5) is 2.59. The molecule has 106 valence electrons. The summed E-state index contributed by atoms with van der Waals surface area (Å²) < 4.78 is 10.5. The highest BCUT2D eigenvalue weighted by Crippen LogP contribution is 2.35. The zero-order valence-corrected chi connectivity index (χ0v) is 11.7. The van der Waals surface area contributed by atoms with Gasteiger partial charge in [0.2, 0.25) is 0 Å². The van der Waals surface area contributed by atoms with Gasteiger partial charge < -0.3 is 19.7 Å². The van der Waals surface area contributed by atoms with Crippen molar-refractivity contribution >= 4 is 0 Å². The van der Waals surface area contributed by atoms with E-state index in [-0.39, 0.29) is 0 Å². The van der Waals surface area contributed by atoms with E-state index >= 15 is 0 Å². The number of methoxy groups -OCH3 is 1. The summed E-state index contributed by atoms with van der Waals surface area (Å²) in [6, 6.07) is 0. The van der Waals surface area contributed by atoms with E-state index < -0.39 is 0 Å². The predicted molar refractivity (Wildman–Crippen MR) is 72.9 cm³/mol. The van der Waals surface area contributed by atoms with Gasteiger partial charge in [0, 0.05) is 26.7 Å². The molecule has 2 saturated heterocycles.